The molecule has 4 amide bonds. The van der Waals surface area contributed by atoms with Crippen molar-refractivity contribution in [3.63, 3.8) is 0 Å². The molecule has 2 aromatic carbocycles. The van der Waals surface area contributed by atoms with E-state index in [-0.39, 0.29) is 12.2 Å². The third kappa shape index (κ3) is 4.32. The summed E-state index contributed by atoms with van der Waals surface area (Å²) in [6.07, 6.45) is 1.49. The number of nitrogens with one attached hydrogen (secondary N) is 2. The highest BCUT2D eigenvalue weighted by Gasteiger charge is 2.34. The van der Waals surface area contributed by atoms with E-state index in [0.29, 0.717) is 22.0 Å². The molecule has 1 aliphatic rings. The van der Waals surface area contributed by atoms with Crippen LogP contribution in [0.25, 0.3) is 6.08 Å². The molecule has 1 heterocycles. The standard InChI is InChI=1S/C20H18ClN3O4/c1-12-3-6-14(7-4-12)22-18(25)11-24-19(26)16(23-20(24)27)10-13-5-8-17(28-2)15(21)9-13/h3-10H,11H2,1-2H3,(H,22,25)(H,23,27). The van der Waals surface area contributed by atoms with Gasteiger partial charge in [-0.05, 0) is 42.8 Å². The maximum absolute atomic E-state index is 12.5. The Hall–Kier alpha value is -3.32. The first-order valence-corrected chi connectivity index (χ1v) is 8.80. The maximum atomic E-state index is 12.5. The van der Waals surface area contributed by atoms with Gasteiger partial charge in [0.25, 0.3) is 5.91 Å². The molecule has 0 atom stereocenters. The summed E-state index contributed by atoms with van der Waals surface area (Å²) in [4.78, 5) is 37.6. The van der Waals surface area contributed by atoms with Crippen LogP contribution < -0.4 is 15.4 Å². The first-order valence-electron chi connectivity index (χ1n) is 8.42. The maximum Gasteiger partial charge on any atom is 0.329 e. The zero-order chi connectivity index (χ0) is 20.3. The highest BCUT2D eigenvalue weighted by atomic mass is 35.5. The van der Waals surface area contributed by atoms with Gasteiger partial charge in [0.2, 0.25) is 5.91 Å². The van der Waals surface area contributed by atoms with Crippen molar-refractivity contribution in [1.82, 2.24) is 10.2 Å². The summed E-state index contributed by atoms with van der Waals surface area (Å²) in [6.45, 7) is 1.54. The SMILES string of the molecule is COc1ccc(C=C2NC(=O)N(CC(=O)Nc3ccc(C)cc3)C2=O)cc1Cl. The lowest BCUT2D eigenvalue weighted by molar-refractivity contribution is -0.127. The highest BCUT2D eigenvalue weighted by molar-refractivity contribution is 6.32. The zero-order valence-electron chi connectivity index (χ0n) is 15.3. The minimum atomic E-state index is -0.657. The van der Waals surface area contributed by atoms with E-state index in [4.69, 9.17) is 16.3 Å². The Balaban J connectivity index is 1.69. The Bertz CT molecular complexity index is 970. The van der Waals surface area contributed by atoms with E-state index in [2.05, 4.69) is 10.6 Å². The number of carbonyl (C=O) groups is 3. The monoisotopic (exact) mass is 399 g/mol. The van der Waals surface area contributed by atoms with Crippen LogP contribution in [-0.2, 0) is 9.59 Å². The molecular weight excluding hydrogens is 382 g/mol. The lowest BCUT2D eigenvalue weighted by Gasteiger charge is -2.12. The molecule has 144 valence electrons. The molecule has 0 aliphatic carbocycles. The van der Waals surface area contributed by atoms with Crippen LogP contribution in [0, 0.1) is 6.92 Å². The molecule has 1 saturated heterocycles. The fourth-order valence-corrected chi connectivity index (χ4v) is 2.90. The molecule has 7 nitrogen and oxygen atoms in total. The number of imide groups is 1. The van der Waals surface area contributed by atoms with Gasteiger partial charge in [-0.3, -0.25) is 9.59 Å². The van der Waals surface area contributed by atoms with Crippen molar-refractivity contribution in [3.8, 4) is 5.75 Å². The van der Waals surface area contributed by atoms with E-state index >= 15 is 0 Å². The number of benzene rings is 2. The third-order valence-electron chi connectivity index (χ3n) is 4.09. The van der Waals surface area contributed by atoms with Gasteiger partial charge in [-0.15, -0.1) is 0 Å². The minimum Gasteiger partial charge on any atom is -0.495 e. The number of amides is 4. The number of nitrogens with zero attached hydrogens (tertiary/aromatic N) is 1. The topological polar surface area (TPSA) is 87.7 Å². The average molecular weight is 400 g/mol. The normalized spacial score (nSPS) is 15.0. The summed E-state index contributed by atoms with van der Waals surface area (Å²) >= 11 is 6.07. The number of urea groups is 1. The number of rotatable bonds is 5. The van der Waals surface area contributed by atoms with Gasteiger partial charge in [0.05, 0.1) is 12.1 Å². The van der Waals surface area contributed by atoms with E-state index in [1.54, 1.807) is 30.3 Å². The molecule has 8 heteroatoms. The zero-order valence-corrected chi connectivity index (χ0v) is 16.0. The van der Waals surface area contributed by atoms with E-state index in [1.807, 2.05) is 19.1 Å². The molecule has 0 spiro atoms. The Labute approximate surface area is 166 Å². The Morgan fingerprint density at radius 3 is 2.57 bits per heavy atom. The molecular formula is C20H18ClN3O4. The molecule has 0 bridgehead atoms. The van der Waals surface area contributed by atoms with Gasteiger partial charge >= 0.3 is 6.03 Å². The molecule has 1 aliphatic heterocycles. The van der Waals surface area contributed by atoms with Gasteiger partial charge in [0.15, 0.2) is 0 Å². The second kappa shape index (κ2) is 8.14. The molecule has 0 unspecified atom stereocenters. The number of methoxy groups -OCH3 is 1. The van der Waals surface area contributed by atoms with E-state index in [1.165, 1.54) is 13.2 Å². The van der Waals surface area contributed by atoms with Gasteiger partial charge in [0.1, 0.15) is 18.0 Å². The van der Waals surface area contributed by atoms with Crippen molar-refractivity contribution in [2.75, 3.05) is 19.0 Å². The quantitative estimate of drug-likeness (QED) is 0.597. The summed E-state index contributed by atoms with van der Waals surface area (Å²) in [6, 6.07) is 11.5. The van der Waals surface area contributed by atoms with Crippen LogP contribution in [0.5, 0.6) is 5.75 Å². The predicted octanol–water partition coefficient (Wildman–Crippen LogP) is 3.19. The van der Waals surface area contributed by atoms with Crippen LogP contribution in [0.2, 0.25) is 5.02 Å². The van der Waals surface area contributed by atoms with Crippen LogP contribution >= 0.6 is 11.6 Å². The largest absolute Gasteiger partial charge is 0.495 e. The minimum absolute atomic E-state index is 0.0642. The van der Waals surface area contributed by atoms with Crippen LogP contribution in [0.1, 0.15) is 11.1 Å². The number of anilines is 1. The van der Waals surface area contributed by atoms with E-state index in [9.17, 15) is 14.4 Å². The van der Waals surface area contributed by atoms with Gasteiger partial charge in [-0.1, -0.05) is 35.4 Å². The van der Waals surface area contributed by atoms with Crippen molar-refractivity contribution < 1.29 is 19.1 Å². The van der Waals surface area contributed by atoms with Gasteiger partial charge < -0.3 is 15.4 Å². The number of carbonyl (C=O) groups excluding carboxylic acids is 3. The van der Waals surface area contributed by atoms with Gasteiger partial charge in [0, 0.05) is 5.69 Å². The van der Waals surface area contributed by atoms with Gasteiger partial charge in [-0.2, -0.15) is 0 Å². The van der Waals surface area contributed by atoms with E-state index in [0.717, 1.165) is 10.5 Å². The molecule has 0 aromatic heterocycles. The Kier molecular flexibility index (Phi) is 5.65. The lowest BCUT2D eigenvalue weighted by atomic mass is 10.2. The predicted molar refractivity (Wildman–Crippen MR) is 106 cm³/mol. The summed E-state index contributed by atoms with van der Waals surface area (Å²) in [5.74, 6) is -0.558. The lowest BCUT2D eigenvalue weighted by Crippen LogP contribution is -2.38. The summed E-state index contributed by atoms with van der Waals surface area (Å²) < 4.78 is 5.08. The third-order valence-corrected chi connectivity index (χ3v) is 4.38. The summed E-state index contributed by atoms with van der Waals surface area (Å²) in [5, 5.41) is 5.51. The van der Waals surface area contributed by atoms with Crippen LogP contribution in [-0.4, -0.2) is 36.4 Å². The van der Waals surface area contributed by atoms with E-state index < -0.39 is 17.8 Å². The Morgan fingerprint density at radius 2 is 1.93 bits per heavy atom. The van der Waals surface area contributed by atoms with Crippen molar-refractivity contribution in [1.29, 1.82) is 0 Å². The molecule has 28 heavy (non-hydrogen) atoms. The van der Waals surface area contributed by atoms with Crippen LogP contribution in [0.3, 0.4) is 0 Å². The molecule has 0 saturated carbocycles. The molecule has 0 radical (unpaired) electrons. The Morgan fingerprint density at radius 1 is 1.21 bits per heavy atom. The fourth-order valence-electron chi connectivity index (χ4n) is 2.64. The van der Waals surface area contributed by atoms with Crippen LogP contribution in [0.15, 0.2) is 48.2 Å². The summed E-state index contributed by atoms with van der Waals surface area (Å²) in [7, 11) is 1.50. The smallest absolute Gasteiger partial charge is 0.329 e. The molecule has 2 N–H and O–H groups in total. The fraction of sp³-hybridized carbons (Fsp3) is 0.150. The number of aryl methyl sites for hydroxylation is 1. The summed E-state index contributed by atoms with van der Waals surface area (Å²) in [5.41, 5.74) is 2.32. The first-order chi connectivity index (χ1) is 13.4. The van der Waals surface area contributed by atoms with Crippen LogP contribution in [0.4, 0.5) is 10.5 Å². The highest BCUT2D eigenvalue weighted by Crippen LogP contribution is 2.26. The first kappa shape index (κ1) is 19.4. The number of hydrogen-bond acceptors (Lipinski definition) is 4. The molecule has 2 aromatic rings. The van der Waals surface area contributed by atoms with Gasteiger partial charge in [-0.25, -0.2) is 9.69 Å². The average Bonchev–Trinajstić information content (AvgIpc) is 2.91. The second-order valence-electron chi connectivity index (χ2n) is 6.19. The van der Waals surface area contributed by atoms with Crippen molar-refractivity contribution >= 4 is 41.2 Å². The molecule has 1 fully saturated rings. The number of hydrogen-bond donors (Lipinski definition) is 2. The second-order valence-corrected chi connectivity index (χ2v) is 6.59. The van der Waals surface area contributed by atoms with Crippen molar-refractivity contribution in [3.05, 3.63) is 64.3 Å². The van der Waals surface area contributed by atoms with Crippen molar-refractivity contribution in [2.24, 2.45) is 0 Å². The van der Waals surface area contributed by atoms with Crippen molar-refractivity contribution in [2.45, 2.75) is 6.92 Å². The number of ether oxygens (including phenoxy) is 1. The molecule has 3 rings (SSSR count). The number of halogens is 1.